The molecule has 3 rings (SSSR count). The summed E-state index contributed by atoms with van der Waals surface area (Å²) in [6, 6.07) is 11.1. The minimum atomic E-state index is 0.638. The van der Waals surface area contributed by atoms with Gasteiger partial charge in [0.2, 0.25) is 5.95 Å². The molecule has 0 unspecified atom stereocenters. The van der Waals surface area contributed by atoms with Gasteiger partial charge in [0.15, 0.2) is 0 Å². The Hall–Kier alpha value is -1.77. The van der Waals surface area contributed by atoms with Gasteiger partial charge in [-0.1, -0.05) is 43.2 Å². The van der Waals surface area contributed by atoms with E-state index >= 15 is 0 Å². The van der Waals surface area contributed by atoms with Crippen LogP contribution in [0.1, 0.15) is 43.0 Å². The minimum Gasteiger partial charge on any atom is -0.352 e. The molecule has 1 fully saturated rings. The first-order chi connectivity index (χ1) is 9.33. The molecule has 1 aliphatic rings. The van der Waals surface area contributed by atoms with E-state index in [1.165, 1.54) is 31.2 Å². The van der Waals surface area contributed by atoms with Gasteiger partial charge < -0.3 is 9.88 Å². The zero-order valence-corrected chi connectivity index (χ0v) is 11.5. The van der Waals surface area contributed by atoms with Gasteiger partial charge in [-0.25, -0.2) is 4.98 Å². The number of nitrogens with one attached hydrogen (secondary N) is 1. The number of benzene rings is 1. The van der Waals surface area contributed by atoms with Crippen LogP contribution in [0.4, 0.5) is 5.95 Å². The lowest BCUT2D eigenvalue weighted by Crippen LogP contribution is -2.10. The first kappa shape index (κ1) is 12.3. The van der Waals surface area contributed by atoms with E-state index in [2.05, 4.69) is 52.3 Å². The number of rotatable bonds is 4. The molecule has 1 aromatic heterocycles. The molecule has 1 aromatic carbocycles. The summed E-state index contributed by atoms with van der Waals surface area (Å²) < 4.78 is 2.34. The van der Waals surface area contributed by atoms with E-state index in [-0.39, 0.29) is 0 Å². The second-order valence-electron chi connectivity index (χ2n) is 5.39. The summed E-state index contributed by atoms with van der Waals surface area (Å²) in [7, 11) is 0. The van der Waals surface area contributed by atoms with Crippen LogP contribution in [0.5, 0.6) is 0 Å². The maximum Gasteiger partial charge on any atom is 0.203 e. The molecule has 1 N–H and O–H groups in total. The molecular formula is C16H21N3. The lowest BCUT2D eigenvalue weighted by Gasteiger charge is -2.15. The topological polar surface area (TPSA) is 29.9 Å². The van der Waals surface area contributed by atoms with Crippen LogP contribution in [0.3, 0.4) is 0 Å². The highest BCUT2D eigenvalue weighted by Crippen LogP contribution is 2.32. The fourth-order valence-corrected chi connectivity index (χ4v) is 2.88. The number of hydrogen-bond donors (Lipinski definition) is 1. The van der Waals surface area contributed by atoms with E-state index in [4.69, 9.17) is 0 Å². The molecule has 3 nitrogen and oxygen atoms in total. The first-order valence-corrected chi connectivity index (χ1v) is 7.16. The van der Waals surface area contributed by atoms with Gasteiger partial charge >= 0.3 is 0 Å². The molecule has 0 bridgehead atoms. The molecule has 0 saturated heterocycles. The van der Waals surface area contributed by atoms with Crippen molar-refractivity contribution >= 4 is 5.95 Å². The predicted octanol–water partition coefficient (Wildman–Crippen LogP) is 3.92. The van der Waals surface area contributed by atoms with E-state index in [0.717, 1.165) is 18.2 Å². The van der Waals surface area contributed by atoms with Crippen molar-refractivity contribution in [1.29, 1.82) is 0 Å². The average Bonchev–Trinajstić information content (AvgIpc) is 3.06. The van der Waals surface area contributed by atoms with Gasteiger partial charge in [0, 0.05) is 18.8 Å². The molecule has 3 heteroatoms. The van der Waals surface area contributed by atoms with Crippen molar-refractivity contribution in [3.63, 3.8) is 0 Å². The minimum absolute atomic E-state index is 0.638. The maximum absolute atomic E-state index is 4.62. The third kappa shape index (κ3) is 2.80. The third-order valence-corrected chi connectivity index (χ3v) is 3.86. The Morgan fingerprint density at radius 1 is 1.21 bits per heavy atom. The quantitative estimate of drug-likeness (QED) is 0.897. The monoisotopic (exact) mass is 255 g/mol. The molecule has 0 aliphatic heterocycles. The van der Waals surface area contributed by atoms with Gasteiger partial charge in [0.05, 0.1) is 5.69 Å². The van der Waals surface area contributed by atoms with Crippen molar-refractivity contribution in [2.45, 2.75) is 45.2 Å². The lowest BCUT2D eigenvalue weighted by molar-refractivity contribution is 0.522. The average molecular weight is 255 g/mol. The van der Waals surface area contributed by atoms with Gasteiger partial charge in [-0.15, -0.1) is 0 Å². The van der Waals surface area contributed by atoms with Crippen LogP contribution in [0.15, 0.2) is 36.5 Å². The fourth-order valence-electron chi connectivity index (χ4n) is 2.88. The highest BCUT2D eigenvalue weighted by atomic mass is 15.2. The molecule has 100 valence electrons. The van der Waals surface area contributed by atoms with Crippen molar-refractivity contribution in [1.82, 2.24) is 9.55 Å². The maximum atomic E-state index is 4.62. The Balaban J connectivity index is 1.73. The summed E-state index contributed by atoms with van der Waals surface area (Å²) in [5, 5.41) is 3.48. The molecule has 2 aromatic rings. The number of aromatic nitrogens is 2. The highest BCUT2D eigenvalue weighted by Gasteiger charge is 2.19. The van der Waals surface area contributed by atoms with Crippen molar-refractivity contribution in [3.05, 3.63) is 47.8 Å². The van der Waals surface area contributed by atoms with Gasteiger partial charge in [-0.05, 0) is 25.3 Å². The summed E-state index contributed by atoms with van der Waals surface area (Å²) in [5.41, 5.74) is 2.39. The van der Waals surface area contributed by atoms with Crippen LogP contribution in [0, 0.1) is 6.92 Å². The summed E-state index contributed by atoms with van der Waals surface area (Å²) in [4.78, 5) is 4.62. The Labute approximate surface area is 114 Å². The highest BCUT2D eigenvalue weighted by molar-refractivity contribution is 5.32. The van der Waals surface area contributed by atoms with E-state index in [1.807, 2.05) is 6.07 Å². The first-order valence-electron chi connectivity index (χ1n) is 7.16. The summed E-state index contributed by atoms with van der Waals surface area (Å²) in [5.74, 6) is 1.02. The molecule has 0 amide bonds. The summed E-state index contributed by atoms with van der Waals surface area (Å²) in [6.07, 6.45) is 7.45. The molecule has 19 heavy (non-hydrogen) atoms. The van der Waals surface area contributed by atoms with Crippen LogP contribution in [-0.2, 0) is 6.54 Å². The smallest absolute Gasteiger partial charge is 0.203 e. The van der Waals surface area contributed by atoms with E-state index in [9.17, 15) is 0 Å². The number of nitrogens with zero attached hydrogens (tertiary/aromatic N) is 2. The molecule has 0 radical (unpaired) electrons. The SMILES string of the molecule is Cc1cn(C2CCCC2)c(NCc2ccccc2)n1. The van der Waals surface area contributed by atoms with Crippen LogP contribution >= 0.6 is 0 Å². The summed E-state index contributed by atoms with van der Waals surface area (Å²) in [6.45, 7) is 2.91. The van der Waals surface area contributed by atoms with E-state index in [0.29, 0.717) is 6.04 Å². The van der Waals surface area contributed by atoms with Crippen LogP contribution in [0.2, 0.25) is 0 Å². The Morgan fingerprint density at radius 2 is 1.95 bits per heavy atom. The largest absolute Gasteiger partial charge is 0.352 e. The second-order valence-corrected chi connectivity index (χ2v) is 5.39. The molecule has 1 aliphatic carbocycles. The van der Waals surface area contributed by atoms with Crippen molar-refractivity contribution < 1.29 is 0 Å². The molecule has 1 saturated carbocycles. The third-order valence-electron chi connectivity index (χ3n) is 3.86. The zero-order valence-electron chi connectivity index (χ0n) is 11.5. The van der Waals surface area contributed by atoms with Gasteiger partial charge in [0.25, 0.3) is 0 Å². The van der Waals surface area contributed by atoms with E-state index in [1.54, 1.807) is 0 Å². The van der Waals surface area contributed by atoms with Crippen molar-refractivity contribution in [2.75, 3.05) is 5.32 Å². The van der Waals surface area contributed by atoms with Gasteiger partial charge in [0.1, 0.15) is 0 Å². The summed E-state index contributed by atoms with van der Waals surface area (Å²) >= 11 is 0. The van der Waals surface area contributed by atoms with Gasteiger partial charge in [-0.3, -0.25) is 0 Å². The number of hydrogen-bond acceptors (Lipinski definition) is 2. The van der Waals surface area contributed by atoms with E-state index < -0.39 is 0 Å². The van der Waals surface area contributed by atoms with Crippen LogP contribution < -0.4 is 5.32 Å². The Morgan fingerprint density at radius 3 is 2.68 bits per heavy atom. The molecule has 0 spiro atoms. The van der Waals surface area contributed by atoms with Crippen LogP contribution in [-0.4, -0.2) is 9.55 Å². The van der Waals surface area contributed by atoms with Crippen molar-refractivity contribution in [3.8, 4) is 0 Å². The molecular weight excluding hydrogens is 234 g/mol. The zero-order chi connectivity index (χ0) is 13.1. The van der Waals surface area contributed by atoms with Crippen molar-refractivity contribution in [2.24, 2.45) is 0 Å². The standard InChI is InChI=1S/C16H21N3/c1-13-12-19(15-9-5-6-10-15)16(18-13)17-11-14-7-3-2-4-8-14/h2-4,7-8,12,15H,5-6,9-11H2,1H3,(H,17,18). The Bertz CT molecular complexity index is 524. The normalized spacial score (nSPS) is 15.8. The fraction of sp³-hybridized carbons (Fsp3) is 0.438. The predicted molar refractivity (Wildman–Crippen MR) is 78.2 cm³/mol. The Kier molecular flexibility index (Phi) is 3.53. The van der Waals surface area contributed by atoms with Gasteiger partial charge in [-0.2, -0.15) is 0 Å². The number of aryl methyl sites for hydroxylation is 1. The molecule has 1 heterocycles. The number of anilines is 1. The second kappa shape index (κ2) is 5.47. The number of imidazole rings is 1. The lowest BCUT2D eigenvalue weighted by atomic mass is 10.2. The molecule has 0 atom stereocenters. The van der Waals surface area contributed by atoms with Crippen LogP contribution in [0.25, 0.3) is 0 Å².